The first-order valence-electron chi connectivity index (χ1n) is 10.1. The quantitative estimate of drug-likeness (QED) is 0.432. The van der Waals surface area contributed by atoms with Crippen molar-refractivity contribution in [1.29, 1.82) is 0 Å². The topological polar surface area (TPSA) is 63.9 Å². The lowest BCUT2D eigenvalue weighted by molar-refractivity contribution is 0.0692. The fourth-order valence-electron chi connectivity index (χ4n) is 3.46. The van der Waals surface area contributed by atoms with Crippen molar-refractivity contribution < 1.29 is 4.79 Å². The minimum atomic E-state index is -0.0256. The van der Waals surface area contributed by atoms with Crippen LogP contribution in [0, 0.1) is 0 Å². The van der Waals surface area contributed by atoms with Crippen LogP contribution in [-0.2, 0) is 6.54 Å². The second-order valence-corrected chi connectivity index (χ2v) is 8.79. The van der Waals surface area contributed by atoms with E-state index in [2.05, 4.69) is 23.9 Å². The molecule has 4 aromatic rings. The number of hydrogen-bond donors (Lipinski definition) is 0. The predicted octanol–water partition coefficient (Wildman–Crippen LogP) is 5.19. The van der Waals surface area contributed by atoms with E-state index in [1.165, 1.54) is 0 Å². The van der Waals surface area contributed by atoms with Gasteiger partial charge in [0.2, 0.25) is 0 Å². The van der Waals surface area contributed by atoms with Gasteiger partial charge in [0.1, 0.15) is 0 Å². The highest BCUT2D eigenvalue weighted by Gasteiger charge is 2.24. The number of aromatic nitrogens is 4. The third-order valence-corrected chi connectivity index (χ3v) is 5.91. The van der Waals surface area contributed by atoms with Crippen LogP contribution in [0.25, 0.3) is 21.6 Å². The van der Waals surface area contributed by atoms with E-state index in [0.29, 0.717) is 12.1 Å². The summed E-state index contributed by atoms with van der Waals surface area (Å²) in [6, 6.07) is 9.99. The van der Waals surface area contributed by atoms with E-state index in [9.17, 15) is 4.79 Å². The number of rotatable bonds is 6. The molecule has 0 saturated carbocycles. The number of fused-ring (bicyclic) bond motifs is 1. The first-order valence-corrected chi connectivity index (χ1v) is 11.0. The van der Waals surface area contributed by atoms with Gasteiger partial charge in [0.05, 0.1) is 27.7 Å². The summed E-state index contributed by atoms with van der Waals surface area (Å²) in [5.41, 5.74) is 3.17. The number of carbonyl (C=O) groups excluding carboxylic acids is 1. The predicted molar refractivity (Wildman–Crippen MR) is 120 cm³/mol. The lowest BCUT2D eigenvalue weighted by Gasteiger charge is -2.27. The molecule has 4 rings (SSSR count). The van der Waals surface area contributed by atoms with Gasteiger partial charge >= 0.3 is 0 Å². The van der Waals surface area contributed by atoms with Gasteiger partial charge in [-0.05, 0) is 56.8 Å². The highest BCUT2D eigenvalue weighted by molar-refractivity contribution is 7.13. The van der Waals surface area contributed by atoms with Gasteiger partial charge in [0.25, 0.3) is 5.91 Å². The maximum Gasteiger partial charge on any atom is 0.255 e. The zero-order valence-corrected chi connectivity index (χ0v) is 18.4. The Morgan fingerprint density at radius 1 is 1.17 bits per heavy atom. The van der Waals surface area contributed by atoms with E-state index in [1.807, 2.05) is 59.1 Å². The molecule has 0 unspecified atom stereocenters. The first-order chi connectivity index (χ1) is 14.5. The van der Waals surface area contributed by atoms with Gasteiger partial charge < -0.3 is 4.90 Å². The molecule has 0 spiro atoms. The summed E-state index contributed by atoms with van der Waals surface area (Å²) in [7, 11) is 0. The molecule has 0 aromatic carbocycles. The maximum atomic E-state index is 13.7. The molecule has 0 bridgehead atoms. The lowest BCUT2D eigenvalue weighted by atomic mass is 10.1. The molecule has 0 atom stereocenters. The van der Waals surface area contributed by atoms with Crippen LogP contribution in [0.5, 0.6) is 0 Å². The Morgan fingerprint density at radius 2 is 2.00 bits per heavy atom. The number of hydrogen-bond acceptors (Lipinski definition) is 5. The second-order valence-electron chi connectivity index (χ2n) is 7.84. The van der Waals surface area contributed by atoms with E-state index >= 15 is 0 Å². The summed E-state index contributed by atoms with van der Waals surface area (Å²) in [6.07, 6.45) is 5.31. The molecule has 154 valence electrons. The average molecular weight is 420 g/mol. The highest BCUT2D eigenvalue weighted by atomic mass is 32.1. The van der Waals surface area contributed by atoms with Crippen LogP contribution in [0.1, 0.15) is 49.7 Å². The van der Waals surface area contributed by atoms with Crippen LogP contribution in [0.3, 0.4) is 0 Å². The minimum Gasteiger partial charge on any atom is -0.332 e. The van der Waals surface area contributed by atoms with Gasteiger partial charge in [-0.15, -0.1) is 11.3 Å². The Morgan fingerprint density at radius 3 is 2.63 bits per heavy atom. The molecular formula is C23H25N5OS. The van der Waals surface area contributed by atoms with Gasteiger partial charge in [-0.2, -0.15) is 5.10 Å². The van der Waals surface area contributed by atoms with Crippen LogP contribution >= 0.6 is 11.3 Å². The standard InChI is InChI=1S/C23H25N5OS/c1-15(2)27(14-17-7-5-9-24-12-17)23(29)18-11-20(21-8-6-10-30-21)26-22-19(18)13-25-28(22)16(3)4/h5-13,15-16H,14H2,1-4H3. The van der Waals surface area contributed by atoms with Gasteiger partial charge in [-0.25, -0.2) is 9.67 Å². The smallest absolute Gasteiger partial charge is 0.255 e. The summed E-state index contributed by atoms with van der Waals surface area (Å²) < 4.78 is 1.88. The fraction of sp³-hybridized carbons (Fsp3) is 0.304. The monoisotopic (exact) mass is 419 g/mol. The average Bonchev–Trinajstić information content (AvgIpc) is 3.41. The van der Waals surface area contributed by atoms with Crippen molar-refractivity contribution >= 4 is 28.3 Å². The molecule has 0 aliphatic carbocycles. The van der Waals surface area contributed by atoms with Gasteiger partial charge in [-0.1, -0.05) is 12.1 Å². The summed E-state index contributed by atoms with van der Waals surface area (Å²) in [5.74, 6) is -0.0256. The molecule has 4 heterocycles. The van der Waals surface area contributed by atoms with E-state index in [4.69, 9.17) is 4.98 Å². The van der Waals surface area contributed by atoms with E-state index in [0.717, 1.165) is 27.2 Å². The number of amides is 1. The second kappa shape index (κ2) is 8.36. The van der Waals surface area contributed by atoms with E-state index < -0.39 is 0 Å². The van der Waals surface area contributed by atoms with Crippen molar-refractivity contribution in [2.24, 2.45) is 0 Å². The molecule has 0 aliphatic rings. The Kier molecular flexibility index (Phi) is 5.63. The zero-order valence-electron chi connectivity index (χ0n) is 17.6. The first kappa shape index (κ1) is 20.2. The number of thiophene rings is 1. The number of pyridine rings is 2. The summed E-state index contributed by atoms with van der Waals surface area (Å²) in [6.45, 7) is 8.70. The molecule has 0 saturated heterocycles. The normalized spacial score (nSPS) is 11.5. The number of carbonyl (C=O) groups is 1. The minimum absolute atomic E-state index is 0.0256. The lowest BCUT2D eigenvalue weighted by Crippen LogP contribution is -2.36. The Balaban J connectivity index is 1.84. The molecule has 0 radical (unpaired) electrons. The van der Waals surface area contributed by atoms with Crippen LogP contribution in [0.4, 0.5) is 0 Å². The van der Waals surface area contributed by atoms with Crippen molar-refractivity contribution in [3.05, 3.63) is 65.4 Å². The molecule has 0 fully saturated rings. The largest absolute Gasteiger partial charge is 0.332 e. The van der Waals surface area contributed by atoms with Crippen molar-refractivity contribution in [3.63, 3.8) is 0 Å². The SMILES string of the molecule is CC(C)N(Cc1cccnc1)C(=O)c1cc(-c2cccs2)nc2c1cnn2C(C)C. The molecular weight excluding hydrogens is 394 g/mol. The summed E-state index contributed by atoms with van der Waals surface area (Å²) >= 11 is 1.61. The van der Waals surface area contributed by atoms with Gasteiger partial charge in [0.15, 0.2) is 5.65 Å². The van der Waals surface area contributed by atoms with E-state index in [-0.39, 0.29) is 18.0 Å². The highest BCUT2D eigenvalue weighted by Crippen LogP contribution is 2.30. The van der Waals surface area contributed by atoms with E-state index in [1.54, 1.807) is 29.9 Å². The molecule has 7 heteroatoms. The molecule has 6 nitrogen and oxygen atoms in total. The number of nitrogens with zero attached hydrogens (tertiary/aromatic N) is 5. The van der Waals surface area contributed by atoms with Crippen LogP contribution < -0.4 is 0 Å². The third kappa shape index (κ3) is 3.85. The van der Waals surface area contributed by atoms with Crippen LogP contribution in [0.2, 0.25) is 0 Å². The molecule has 0 N–H and O–H groups in total. The zero-order chi connectivity index (χ0) is 21.3. The Hall–Kier alpha value is -3.06. The fourth-order valence-corrected chi connectivity index (χ4v) is 4.14. The maximum absolute atomic E-state index is 13.7. The molecule has 4 aromatic heterocycles. The van der Waals surface area contributed by atoms with Crippen molar-refractivity contribution in [2.75, 3.05) is 0 Å². The van der Waals surface area contributed by atoms with Crippen molar-refractivity contribution in [3.8, 4) is 10.6 Å². The molecule has 30 heavy (non-hydrogen) atoms. The van der Waals surface area contributed by atoms with Crippen LogP contribution in [0.15, 0.2) is 54.3 Å². The Bertz CT molecular complexity index is 1150. The van der Waals surface area contributed by atoms with Crippen molar-refractivity contribution in [2.45, 2.75) is 46.3 Å². The van der Waals surface area contributed by atoms with Gasteiger partial charge in [-0.3, -0.25) is 9.78 Å². The summed E-state index contributed by atoms with van der Waals surface area (Å²) in [4.78, 5) is 25.7. The molecule has 0 aliphatic heterocycles. The Labute approximate surface area is 180 Å². The van der Waals surface area contributed by atoms with Gasteiger partial charge in [0, 0.05) is 31.0 Å². The molecule has 1 amide bonds. The summed E-state index contributed by atoms with van der Waals surface area (Å²) in [5, 5.41) is 7.33. The third-order valence-electron chi connectivity index (χ3n) is 5.02. The van der Waals surface area contributed by atoms with Crippen LogP contribution in [-0.4, -0.2) is 36.6 Å². The van der Waals surface area contributed by atoms with Crippen molar-refractivity contribution in [1.82, 2.24) is 24.6 Å².